The second kappa shape index (κ2) is 68.7. The van der Waals surface area contributed by atoms with Crippen molar-refractivity contribution in [3.05, 3.63) is 194 Å². The monoisotopic (exact) mass is 1140 g/mol. The van der Waals surface area contributed by atoms with Gasteiger partial charge in [0.15, 0.2) is 6.10 Å². The van der Waals surface area contributed by atoms with E-state index in [1.165, 1.54) is 38.5 Å². The summed E-state index contributed by atoms with van der Waals surface area (Å²) in [6, 6.07) is 0. The van der Waals surface area contributed by atoms with Crippen molar-refractivity contribution in [1.29, 1.82) is 0 Å². The number of carbonyl (C=O) groups excluding carboxylic acids is 3. The van der Waals surface area contributed by atoms with Crippen molar-refractivity contribution in [2.45, 2.75) is 258 Å². The quantitative estimate of drug-likeness (QED) is 0.0261. The van der Waals surface area contributed by atoms with Crippen LogP contribution in [0.3, 0.4) is 0 Å². The Balaban J connectivity index is 4.47. The number of ether oxygens (including phenoxy) is 3. The van der Waals surface area contributed by atoms with Crippen LogP contribution in [0.15, 0.2) is 194 Å². The summed E-state index contributed by atoms with van der Waals surface area (Å²) < 4.78 is 16.8. The molecule has 0 spiro atoms. The Bertz CT molecular complexity index is 1990. The predicted molar refractivity (Wildman–Crippen MR) is 361 cm³/mol. The second-order valence-corrected chi connectivity index (χ2v) is 20.9. The standard InChI is InChI=1S/C77H118O6/c1-4-7-10-13-16-19-22-25-27-29-31-32-33-34-35-36-37-38-39-40-41-42-43-44-46-47-49-52-55-58-61-64-67-70-76(79)82-73-74(72-81-75(78)69-66-63-60-57-54-51-24-21-18-15-12-9-6-3)83-77(80)71-68-65-62-59-56-53-50-48-45-30-28-26-23-20-17-14-11-8-5-2/h7-8,10-11,16-17,19-21,24-28,31-32,34-35,37-38,40-41,43-45,47-49,53,55-56,58,74H,4-6,9,12-15,18,22-23,29-30,33,36,39,42,46,50-52,54,57,59-73H2,1-3H3/b10-7-,11-8-,19-16-,20-17-,24-21-,27-25-,28-26-,32-31-,35-34-,38-37-,41-40-,44-43-,48-45-,49-47-,56-53-,58-55-. The van der Waals surface area contributed by atoms with E-state index in [2.05, 4.69) is 215 Å². The molecule has 0 aliphatic carbocycles. The smallest absolute Gasteiger partial charge is 0.306 e. The third kappa shape index (κ3) is 66.9. The van der Waals surface area contributed by atoms with Gasteiger partial charge < -0.3 is 14.2 Å². The van der Waals surface area contributed by atoms with Crippen molar-refractivity contribution < 1.29 is 28.6 Å². The largest absolute Gasteiger partial charge is 0.462 e. The molecule has 0 amide bonds. The van der Waals surface area contributed by atoms with Crippen LogP contribution in [0, 0.1) is 0 Å². The molecule has 6 nitrogen and oxygen atoms in total. The molecular formula is C77H118O6. The Hall–Kier alpha value is -5.75. The minimum atomic E-state index is -0.829. The zero-order chi connectivity index (χ0) is 59.9. The van der Waals surface area contributed by atoms with Crippen molar-refractivity contribution in [3.63, 3.8) is 0 Å². The fraction of sp³-hybridized carbons (Fsp3) is 0.545. The summed E-state index contributed by atoms with van der Waals surface area (Å²) in [6.45, 7) is 6.31. The first-order valence-electron chi connectivity index (χ1n) is 32.9. The molecule has 0 aromatic heterocycles. The highest BCUT2D eigenvalue weighted by molar-refractivity contribution is 5.71. The highest BCUT2D eigenvalue weighted by Crippen LogP contribution is 2.13. The van der Waals surface area contributed by atoms with Gasteiger partial charge >= 0.3 is 17.9 Å². The van der Waals surface area contributed by atoms with E-state index in [0.717, 1.165) is 161 Å². The van der Waals surface area contributed by atoms with Crippen molar-refractivity contribution >= 4 is 17.9 Å². The first kappa shape index (κ1) is 77.2. The van der Waals surface area contributed by atoms with E-state index in [1.807, 2.05) is 0 Å². The second-order valence-electron chi connectivity index (χ2n) is 20.9. The van der Waals surface area contributed by atoms with Crippen LogP contribution < -0.4 is 0 Å². The SMILES string of the molecule is CC/C=C\C/C=C\C/C=C\C/C=C\C/C=C\C/C=C\C/C=C\C/C=C\C/C=C\C/C=C\CCCCC(=O)OCC(COC(=O)CCCCCCC/C=C\CCCCCC)OC(=O)CCCCC/C=C\C/C=C\C/C=C\C/C=C\C/C=C\CC. The van der Waals surface area contributed by atoms with E-state index in [1.54, 1.807) is 0 Å². The van der Waals surface area contributed by atoms with E-state index >= 15 is 0 Å². The number of allylic oxidation sites excluding steroid dienone is 32. The van der Waals surface area contributed by atoms with Crippen LogP contribution in [0.5, 0.6) is 0 Å². The molecule has 6 heteroatoms. The highest BCUT2D eigenvalue weighted by atomic mass is 16.6. The van der Waals surface area contributed by atoms with Gasteiger partial charge in [-0.05, 0) is 167 Å². The van der Waals surface area contributed by atoms with Crippen molar-refractivity contribution in [2.75, 3.05) is 13.2 Å². The minimum Gasteiger partial charge on any atom is -0.462 e. The summed E-state index contributed by atoms with van der Waals surface area (Å²) in [6.07, 6.45) is 104. The summed E-state index contributed by atoms with van der Waals surface area (Å²) >= 11 is 0. The molecule has 0 aliphatic rings. The molecule has 0 radical (unpaired) electrons. The van der Waals surface area contributed by atoms with Crippen molar-refractivity contribution in [3.8, 4) is 0 Å². The minimum absolute atomic E-state index is 0.119. The lowest BCUT2D eigenvalue weighted by atomic mass is 10.1. The van der Waals surface area contributed by atoms with Gasteiger partial charge in [-0.15, -0.1) is 0 Å². The van der Waals surface area contributed by atoms with Crippen LogP contribution in [0.4, 0.5) is 0 Å². The van der Waals surface area contributed by atoms with Crippen LogP contribution in [0.2, 0.25) is 0 Å². The van der Waals surface area contributed by atoms with E-state index in [0.29, 0.717) is 19.3 Å². The first-order valence-corrected chi connectivity index (χ1v) is 32.9. The molecule has 0 bridgehead atoms. The number of rotatable bonds is 57. The Kier molecular flexibility index (Phi) is 64.0. The Morgan fingerprint density at radius 3 is 0.783 bits per heavy atom. The van der Waals surface area contributed by atoms with Crippen LogP contribution >= 0.6 is 0 Å². The lowest BCUT2D eigenvalue weighted by molar-refractivity contribution is -0.167. The van der Waals surface area contributed by atoms with E-state index < -0.39 is 6.10 Å². The molecule has 83 heavy (non-hydrogen) atoms. The third-order valence-corrected chi connectivity index (χ3v) is 13.1. The number of hydrogen-bond acceptors (Lipinski definition) is 6. The molecule has 0 N–H and O–H groups in total. The zero-order valence-corrected chi connectivity index (χ0v) is 52.9. The molecule has 0 saturated carbocycles. The lowest BCUT2D eigenvalue weighted by Crippen LogP contribution is -2.30. The molecule has 0 aromatic carbocycles. The normalized spacial score (nSPS) is 13.4. The van der Waals surface area contributed by atoms with Gasteiger partial charge in [0.2, 0.25) is 0 Å². The van der Waals surface area contributed by atoms with Gasteiger partial charge in [0.25, 0.3) is 0 Å². The average Bonchev–Trinajstić information content (AvgIpc) is 3.49. The van der Waals surface area contributed by atoms with Crippen LogP contribution in [-0.2, 0) is 28.6 Å². The van der Waals surface area contributed by atoms with E-state index in [4.69, 9.17) is 14.2 Å². The Labute approximate surface area is 509 Å². The van der Waals surface area contributed by atoms with Crippen molar-refractivity contribution in [2.24, 2.45) is 0 Å². The van der Waals surface area contributed by atoms with E-state index in [-0.39, 0.29) is 44.0 Å². The molecule has 1 atom stereocenters. The summed E-state index contributed by atoms with van der Waals surface area (Å²) in [4.78, 5) is 38.3. The maximum Gasteiger partial charge on any atom is 0.306 e. The molecule has 1 unspecified atom stereocenters. The van der Waals surface area contributed by atoms with Crippen LogP contribution in [0.1, 0.15) is 252 Å². The first-order chi connectivity index (χ1) is 41.0. The summed E-state index contributed by atoms with van der Waals surface area (Å²) in [7, 11) is 0. The topological polar surface area (TPSA) is 78.9 Å². The summed E-state index contributed by atoms with van der Waals surface area (Å²) in [5, 5.41) is 0. The molecule has 0 rings (SSSR count). The average molecular weight is 1140 g/mol. The molecular weight excluding hydrogens is 1020 g/mol. The Morgan fingerprint density at radius 1 is 0.253 bits per heavy atom. The van der Waals surface area contributed by atoms with Gasteiger partial charge in [0.1, 0.15) is 13.2 Å². The number of esters is 3. The van der Waals surface area contributed by atoms with Gasteiger partial charge in [-0.1, -0.05) is 260 Å². The summed E-state index contributed by atoms with van der Waals surface area (Å²) in [5.74, 6) is -1.01. The van der Waals surface area contributed by atoms with Gasteiger partial charge in [-0.2, -0.15) is 0 Å². The van der Waals surface area contributed by atoms with Gasteiger partial charge in [-0.25, -0.2) is 0 Å². The van der Waals surface area contributed by atoms with Gasteiger partial charge in [-0.3, -0.25) is 14.4 Å². The molecule has 0 heterocycles. The predicted octanol–water partition coefficient (Wildman–Crippen LogP) is 23.0. The third-order valence-electron chi connectivity index (χ3n) is 13.1. The fourth-order valence-corrected chi connectivity index (χ4v) is 8.20. The summed E-state index contributed by atoms with van der Waals surface area (Å²) in [5.41, 5.74) is 0. The highest BCUT2D eigenvalue weighted by Gasteiger charge is 2.19. The number of unbranched alkanes of at least 4 members (excludes halogenated alkanes) is 14. The van der Waals surface area contributed by atoms with Crippen LogP contribution in [-0.4, -0.2) is 37.2 Å². The zero-order valence-electron chi connectivity index (χ0n) is 52.9. The number of carbonyl (C=O) groups is 3. The van der Waals surface area contributed by atoms with E-state index in [9.17, 15) is 14.4 Å². The van der Waals surface area contributed by atoms with Crippen LogP contribution in [0.25, 0.3) is 0 Å². The van der Waals surface area contributed by atoms with Gasteiger partial charge in [0.05, 0.1) is 0 Å². The maximum atomic E-state index is 12.9. The number of hydrogen-bond donors (Lipinski definition) is 0. The Morgan fingerprint density at radius 2 is 0.470 bits per heavy atom. The molecule has 0 aliphatic heterocycles. The van der Waals surface area contributed by atoms with Gasteiger partial charge in [0, 0.05) is 19.3 Å². The maximum absolute atomic E-state index is 12.9. The molecule has 0 fully saturated rings. The van der Waals surface area contributed by atoms with Crippen molar-refractivity contribution in [1.82, 2.24) is 0 Å². The lowest BCUT2D eigenvalue weighted by Gasteiger charge is -2.18. The molecule has 0 aromatic rings. The molecule has 0 saturated heterocycles. The molecule has 462 valence electrons. The fourth-order valence-electron chi connectivity index (χ4n) is 8.20.